The van der Waals surface area contributed by atoms with Crippen LogP contribution in [0.15, 0.2) is 47.8 Å². The van der Waals surface area contributed by atoms with Gasteiger partial charge in [0.15, 0.2) is 5.13 Å². The number of anilines is 1. The van der Waals surface area contributed by atoms with E-state index >= 15 is 0 Å². The van der Waals surface area contributed by atoms with E-state index in [0.29, 0.717) is 10.8 Å². The van der Waals surface area contributed by atoms with Crippen molar-refractivity contribution in [2.45, 2.75) is 13.0 Å². The van der Waals surface area contributed by atoms with Crippen molar-refractivity contribution in [2.75, 3.05) is 11.9 Å². The van der Waals surface area contributed by atoms with Crippen LogP contribution in [0.25, 0.3) is 10.6 Å². The molecule has 0 bridgehead atoms. The molecule has 1 aromatic carbocycles. The number of amides is 1. The number of carbonyl (C=O) groups is 2. The molecule has 0 saturated carbocycles. The van der Waals surface area contributed by atoms with Crippen molar-refractivity contribution in [1.82, 2.24) is 4.98 Å². The average molecular weight is 388 g/mol. The normalized spacial score (nSPS) is 10.5. The Kier molecular flexibility index (Phi) is 5.65. The molecule has 0 atom stereocenters. The number of benzene rings is 1. The minimum Gasteiger partial charge on any atom is -0.481 e. The van der Waals surface area contributed by atoms with Crippen LogP contribution in [-0.2, 0) is 22.6 Å². The van der Waals surface area contributed by atoms with Crippen LogP contribution in [-0.4, -0.2) is 29.2 Å². The lowest BCUT2D eigenvalue weighted by molar-refractivity contribution is -0.136. The number of ether oxygens (including phenoxy) is 1. The minimum atomic E-state index is -0.863. The highest BCUT2D eigenvalue weighted by atomic mass is 32.1. The van der Waals surface area contributed by atoms with Crippen LogP contribution in [0.5, 0.6) is 0 Å². The molecule has 134 valence electrons. The van der Waals surface area contributed by atoms with Crippen LogP contribution in [0, 0.1) is 0 Å². The highest BCUT2D eigenvalue weighted by molar-refractivity contribution is 7.17. The number of hydrogen-bond donors (Lipinski definition) is 1. The summed E-state index contributed by atoms with van der Waals surface area (Å²) in [6.07, 6.45) is -0.486. The zero-order valence-electron chi connectivity index (χ0n) is 13.9. The fourth-order valence-corrected chi connectivity index (χ4v) is 4.00. The molecule has 1 amide bonds. The summed E-state index contributed by atoms with van der Waals surface area (Å²) in [7, 11) is 1.61. The lowest BCUT2D eigenvalue weighted by Gasteiger charge is -2.13. The molecular formula is C18H16N2O4S2. The number of carbonyl (C=O) groups excluding carboxylic acids is 1. The third kappa shape index (κ3) is 4.47. The summed E-state index contributed by atoms with van der Waals surface area (Å²) in [5.41, 5.74) is 1.63. The number of aromatic nitrogens is 1. The fourth-order valence-electron chi connectivity index (χ4n) is 2.19. The van der Waals surface area contributed by atoms with Crippen LogP contribution in [0.1, 0.15) is 10.4 Å². The van der Waals surface area contributed by atoms with Gasteiger partial charge in [-0.15, -0.1) is 22.7 Å². The first kappa shape index (κ1) is 18.1. The number of carboxylic acids is 1. The van der Waals surface area contributed by atoms with Crippen LogP contribution >= 0.6 is 22.7 Å². The van der Waals surface area contributed by atoms with Crippen LogP contribution < -0.4 is 4.90 Å². The van der Waals surface area contributed by atoms with Crippen molar-refractivity contribution >= 4 is 39.9 Å². The summed E-state index contributed by atoms with van der Waals surface area (Å²) < 4.78 is 5.30. The van der Waals surface area contributed by atoms with Gasteiger partial charge in [0.25, 0.3) is 0 Å². The Bertz CT molecular complexity index is 905. The van der Waals surface area contributed by atoms with Gasteiger partial charge in [-0.2, -0.15) is 0 Å². The second-order valence-corrected chi connectivity index (χ2v) is 7.46. The van der Waals surface area contributed by atoms with Gasteiger partial charge in [-0.05, 0) is 17.7 Å². The van der Waals surface area contributed by atoms with Gasteiger partial charge in [-0.1, -0.05) is 30.3 Å². The van der Waals surface area contributed by atoms with Crippen molar-refractivity contribution < 1.29 is 19.4 Å². The second-order valence-electron chi connectivity index (χ2n) is 5.45. The highest BCUT2D eigenvalue weighted by Crippen LogP contribution is 2.32. The van der Waals surface area contributed by atoms with Crippen molar-refractivity contribution in [1.29, 1.82) is 0 Å². The highest BCUT2D eigenvalue weighted by Gasteiger charge is 2.17. The molecule has 0 aliphatic rings. The quantitative estimate of drug-likeness (QED) is 0.682. The molecule has 3 aromatic rings. The molecule has 0 spiro atoms. The minimum absolute atomic E-state index is 0.00657. The number of nitrogens with zero attached hydrogens (tertiary/aromatic N) is 2. The van der Waals surface area contributed by atoms with Gasteiger partial charge in [-0.25, -0.2) is 9.78 Å². The van der Waals surface area contributed by atoms with E-state index in [9.17, 15) is 9.59 Å². The maximum Gasteiger partial charge on any atom is 0.416 e. The molecule has 26 heavy (non-hydrogen) atoms. The topological polar surface area (TPSA) is 79.7 Å². The number of aliphatic carboxylic acids is 1. The number of hydrogen-bond acceptors (Lipinski definition) is 6. The van der Waals surface area contributed by atoms with E-state index < -0.39 is 12.1 Å². The van der Waals surface area contributed by atoms with Crippen molar-refractivity contribution in [3.63, 3.8) is 0 Å². The smallest absolute Gasteiger partial charge is 0.416 e. The summed E-state index contributed by atoms with van der Waals surface area (Å²) in [6, 6.07) is 13.1. The van der Waals surface area contributed by atoms with E-state index in [2.05, 4.69) is 4.98 Å². The largest absolute Gasteiger partial charge is 0.481 e. The maximum absolute atomic E-state index is 12.2. The molecule has 0 unspecified atom stereocenters. The predicted octanol–water partition coefficient (Wildman–Crippen LogP) is 4.27. The zero-order chi connectivity index (χ0) is 18.5. The SMILES string of the molecule is CN(C(=O)OCc1ccccc1)c1nc(-c2ccc(CC(=O)O)s2)cs1. The van der Waals surface area contributed by atoms with Gasteiger partial charge < -0.3 is 9.84 Å². The second kappa shape index (κ2) is 8.11. The molecule has 0 aliphatic heterocycles. The van der Waals surface area contributed by atoms with E-state index in [-0.39, 0.29) is 13.0 Å². The Morgan fingerprint density at radius 3 is 2.69 bits per heavy atom. The summed E-state index contributed by atoms with van der Waals surface area (Å²) in [5, 5.41) is 11.2. The molecule has 0 fully saturated rings. The van der Waals surface area contributed by atoms with Gasteiger partial charge in [0.2, 0.25) is 0 Å². The Hall–Kier alpha value is -2.71. The predicted molar refractivity (Wildman–Crippen MR) is 102 cm³/mol. The Morgan fingerprint density at radius 2 is 1.96 bits per heavy atom. The number of thiazole rings is 1. The standard InChI is InChI=1S/C18H16N2O4S2/c1-20(18(23)24-10-12-5-3-2-4-6-12)17-19-14(11-25-17)15-8-7-13(26-15)9-16(21)22/h2-8,11H,9-10H2,1H3,(H,21,22). The number of carboxylic acid groups (broad SMARTS) is 1. The lowest BCUT2D eigenvalue weighted by atomic mass is 10.2. The van der Waals surface area contributed by atoms with Gasteiger partial charge in [-0.3, -0.25) is 9.69 Å². The molecule has 0 saturated heterocycles. The van der Waals surface area contributed by atoms with E-state index in [1.165, 1.54) is 27.6 Å². The van der Waals surface area contributed by atoms with Gasteiger partial charge >= 0.3 is 12.1 Å². The molecule has 8 heteroatoms. The summed E-state index contributed by atoms with van der Waals surface area (Å²) >= 11 is 2.71. The van der Waals surface area contributed by atoms with Crippen LogP contribution in [0.4, 0.5) is 9.93 Å². The first-order valence-electron chi connectivity index (χ1n) is 7.74. The molecule has 6 nitrogen and oxygen atoms in total. The average Bonchev–Trinajstić information content (AvgIpc) is 3.28. The molecule has 1 N–H and O–H groups in total. The van der Waals surface area contributed by atoms with Gasteiger partial charge in [0, 0.05) is 17.3 Å². The van der Waals surface area contributed by atoms with Crippen molar-refractivity contribution in [3.8, 4) is 10.6 Å². The Morgan fingerprint density at radius 1 is 1.19 bits per heavy atom. The molecule has 2 heterocycles. The van der Waals surface area contributed by atoms with Crippen molar-refractivity contribution in [3.05, 3.63) is 58.3 Å². The zero-order valence-corrected chi connectivity index (χ0v) is 15.5. The molecule has 0 aliphatic carbocycles. The maximum atomic E-state index is 12.2. The van der Waals surface area contributed by atoms with Gasteiger partial charge in [0.05, 0.1) is 17.0 Å². The summed E-state index contributed by atoms with van der Waals surface area (Å²) in [4.78, 5) is 30.4. The molecule has 2 aromatic heterocycles. The van der Waals surface area contributed by atoms with Crippen molar-refractivity contribution in [2.24, 2.45) is 0 Å². The monoisotopic (exact) mass is 388 g/mol. The van der Waals surface area contributed by atoms with Crippen LogP contribution in [0.3, 0.4) is 0 Å². The van der Waals surface area contributed by atoms with E-state index in [1.54, 1.807) is 13.1 Å². The molecule has 0 radical (unpaired) electrons. The first-order valence-corrected chi connectivity index (χ1v) is 9.43. The van der Waals surface area contributed by atoms with E-state index in [1.807, 2.05) is 41.8 Å². The fraction of sp³-hybridized carbons (Fsp3) is 0.167. The summed E-state index contributed by atoms with van der Waals surface area (Å²) in [5.74, 6) is -0.863. The molecule has 3 rings (SSSR count). The van der Waals surface area contributed by atoms with E-state index in [0.717, 1.165) is 15.3 Å². The third-order valence-corrected chi connectivity index (χ3v) is 5.52. The van der Waals surface area contributed by atoms with E-state index in [4.69, 9.17) is 9.84 Å². The molecular weight excluding hydrogens is 372 g/mol. The summed E-state index contributed by atoms with van der Waals surface area (Å²) in [6.45, 7) is 0.200. The third-order valence-electron chi connectivity index (χ3n) is 3.50. The Balaban J connectivity index is 1.63. The number of rotatable bonds is 6. The van der Waals surface area contributed by atoms with Gasteiger partial charge in [0.1, 0.15) is 6.61 Å². The Labute approximate surface area is 158 Å². The number of thiophene rings is 1. The first-order chi connectivity index (χ1) is 12.5. The lowest BCUT2D eigenvalue weighted by Crippen LogP contribution is -2.26. The van der Waals surface area contributed by atoms with Crippen LogP contribution in [0.2, 0.25) is 0 Å².